The van der Waals surface area contributed by atoms with Gasteiger partial charge in [-0.25, -0.2) is 9.97 Å². The van der Waals surface area contributed by atoms with Crippen molar-refractivity contribution in [2.24, 2.45) is 0 Å². The summed E-state index contributed by atoms with van der Waals surface area (Å²) in [7, 11) is 0. The number of rotatable bonds is 4. The number of carbonyl (C=O) groups is 1. The zero-order valence-electron chi connectivity index (χ0n) is 12.7. The van der Waals surface area contributed by atoms with Gasteiger partial charge in [0.2, 0.25) is 0 Å². The van der Waals surface area contributed by atoms with Gasteiger partial charge in [-0.05, 0) is 31.9 Å². The molecule has 0 atom stereocenters. The SMILES string of the molecule is CSC1CCC(NC(=O)c2nc(C(C)C)ncc2Cl)CC1. The largest absolute Gasteiger partial charge is 0.348 e. The van der Waals surface area contributed by atoms with E-state index in [9.17, 15) is 4.79 Å². The molecule has 2 rings (SSSR count). The zero-order chi connectivity index (χ0) is 15.4. The molecule has 1 aliphatic rings. The summed E-state index contributed by atoms with van der Waals surface area (Å²) in [6.07, 6.45) is 8.02. The lowest BCUT2D eigenvalue weighted by molar-refractivity contribution is 0.0922. The maximum Gasteiger partial charge on any atom is 0.271 e. The van der Waals surface area contributed by atoms with Crippen LogP contribution in [0.2, 0.25) is 5.02 Å². The van der Waals surface area contributed by atoms with Crippen LogP contribution in [-0.2, 0) is 0 Å². The van der Waals surface area contributed by atoms with E-state index in [2.05, 4.69) is 21.5 Å². The summed E-state index contributed by atoms with van der Waals surface area (Å²) in [5.74, 6) is 0.637. The zero-order valence-corrected chi connectivity index (χ0v) is 14.3. The molecule has 0 bridgehead atoms. The maximum atomic E-state index is 12.4. The number of carbonyl (C=O) groups excluding carboxylic acids is 1. The van der Waals surface area contributed by atoms with E-state index in [1.54, 1.807) is 0 Å². The van der Waals surface area contributed by atoms with Crippen molar-refractivity contribution in [2.75, 3.05) is 6.26 Å². The normalized spacial score (nSPS) is 22.3. The van der Waals surface area contributed by atoms with Crippen LogP contribution in [0.15, 0.2) is 6.20 Å². The van der Waals surface area contributed by atoms with E-state index in [1.807, 2.05) is 25.6 Å². The third-order valence-electron chi connectivity index (χ3n) is 3.84. The first-order chi connectivity index (χ1) is 10.0. The number of halogens is 1. The van der Waals surface area contributed by atoms with Crippen molar-refractivity contribution in [3.63, 3.8) is 0 Å². The Morgan fingerprint density at radius 3 is 2.62 bits per heavy atom. The van der Waals surface area contributed by atoms with E-state index in [4.69, 9.17) is 11.6 Å². The number of thioether (sulfide) groups is 1. The molecule has 1 aromatic rings. The van der Waals surface area contributed by atoms with Crippen molar-refractivity contribution in [1.29, 1.82) is 0 Å². The fourth-order valence-corrected chi connectivity index (χ4v) is 3.44. The summed E-state index contributed by atoms with van der Waals surface area (Å²) in [6, 6.07) is 0.231. The molecular weight excluding hydrogens is 306 g/mol. The molecule has 0 saturated heterocycles. The van der Waals surface area contributed by atoms with Gasteiger partial charge in [0.25, 0.3) is 5.91 Å². The first-order valence-corrected chi connectivity index (χ1v) is 9.04. The molecule has 0 unspecified atom stereocenters. The van der Waals surface area contributed by atoms with Gasteiger partial charge in [-0.2, -0.15) is 11.8 Å². The van der Waals surface area contributed by atoms with Crippen LogP contribution in [0.3, 0.4) is 0 Å². The lowest BCUT2D eigenvalue weighted by atomic mass is 9.95. The highest BCUT2D eigenvalue weighted by Gasteiger charge is 2.24. The predicted molar refractivity (Wildman–Crippen MR) is 88.2 cm³/mol. The highest BCUT2D eigenvalue weighted by Crippen LogP contribution is 2.27. The Labute approximate surface area is 135 Å². The van der Waals surface area contributed by atoms with Gasteiger partial charge in [0.15, 0.2) is 0 Å². The number of aromatic nitrogens is 2. The molecule has 1 fully saturated rings. The Morgan fingerprint density at radius 1 is 1.38 bits per heavy atom. The minimum atomic E-state index is -0.183. The minimum Gasteiger partial charge on any atom is -0.348 e. The topological polar surface area (TPSA) is 54.9 Å². The van der Waals surface area contributed by atoms with Gasteiger partial charge in [0.1, 0.15) is 11.5 Å². The third-order valence-corrected chi connectivity index (χ3v) is 5.25. The summed E-state index contributed by atoms with van der Waals surface area (Å²) in [4.78, 5) is 20.8. The number of nitrogens with zero attached hydrogens (tertiary/aromatic N) is 2. The Bertz CT molecular complexity index is 502. The molecule has 4 nitrogen and oxygen atoms in total. The summed E-state index contributed by atoms with van der Waals surface area (Å²) in [5.41, 5.74) is 0.294. The van der Waals surface area contributed by atoms with Crippen LogP contribution in [0.25, 0.3) is 0 Å². The number of amides is 1. The van der Waals surface area contributed by atoms with Crippen molar-refractivity contribution < 1.29 is 4.79 Å². The summed E-state index contributed by atoms with van der Waals surface area (Å²) < 4.78 is 0. The van der Waals surface area contributed by atoms with Crippen LogP contribution < -0.4 is 5.32 Å². The molecule has 1 heterocycles. The molecule has 1 saturated carbocycles. The van der Waals surface area contributed by atoms with Crippen LogP contribution in [0.5, 0.6) is 0 Å². The lowest BCUT2D eigenvalue weighted by Crippen LogP contribution is -2.38. The molecule has 1 aromatic heterocycles. The minimum absolute atomic E-state index is 0.172. The summed E-state index contributed by atoms with van der Waals surface area (Å²) in [5, 5.41) is 4.11. The highest BCUT2D eigenvalue weighted by molar-refractivity contribution is 7.99. The molecule has 1 aliphatic carbocycles. The number of hydrogen-bond acceptors (Lipinski definition) is 4. The summed E-state index contributed by atoms with van der Waals surface area (Å²) >= 11 is 7.99. The second-order valence-corrected chi connectivity index (χ2v) is 7.31. The first-order valence-electron chi connectivity index (χ1n) is 7.37. The molecule has 116 valence electrons. The van der Waals surface area contributed by atoms with Crippen molar-refractivity contribution in [3.05, 3.63) is 22.7 Å². The first kappa shape index (κ1) is 16.6. The van der Waals surface area contributed by atoms with E-state index in [1.165, 1.54) is 6.20 Å². The molecule has 21 heavy (non-hydrogen) atoms. The van der Waals surface area contributed by atoms with Gasteiger partial charge in [0.05, 0.1) is 11.2 Å². The highest BCUT2D eigenvalue weighted by atomic mass is 35.5. The van der Waals surface area contributed by atoms with Gasteiger partial charge in [-0.3, -0.25) is 4.79 Å². The van der Waals surface area contributed by atoms with Crippen LogP contribution in [-0.4, -0.2) is 33.4 Å². The standard InChI is InChI=1S/C15H22ClN3OS/c1-9(2)14-17-8-12(16)13(19-14)15(20)18-10-4-6-11(21-3)7-5-10/h8-11H,4-7H2,1-3H3,(H,18,20). The van der Waals surface area contributed by atoms with Crippen LogP contribution >= 0.6 is 23.4 Å². The average Bonchev–Trinajstić information content (AvgIpc) is 2.48. The Balaban J connectivity index is 2.02. The van der Waals surface area contributed by atoms with E-state index < -0.39 is 0 Å². The molecule has 0 spiro atoms. The van der Waals surface area contributed by atoms with Gasteiger partial charge >= 0.3 is 0 Å². The molecule has 0 radical (unpaired) electrons. The van der Waals surface area contributed by atoms with Gasteiger partial charge in [-0.15, -0.1) is 0 Å². The monoisotopic (exact) mass is 327 g/mol. The molecule has 1 amide bonds. The van der Waals surface area contributed by atoms with Gasteiger partial charge < -0.3 is 5.32 Å². The number of hydrogen-bond donors (Lipinski definition) is 1. The third kappa shape index (κ3) is 4.33. The van der Waals surface area contributed by atoms with Gasteiger partial charge in [-0.1, -0.05) is 25.4 Å². The van der Waals surface area contributed by atoms with E-state index in [0.717, 1.165) is 30.9 Å². The Kier molecular flexibility index (Phi) is 5.88. The van der Waals surface area contributed by atoms with Gasteiger partial charge in [0, 0.05) is 17.2 Å². The summed E-state index contributed by atoms with van der Waals surface area (Å²) in [6.45, 7) is 3.99. The van der Waals surface area contributed by atoms with E-state index >= 15 is 0 Å². The molecule has 1 N–H and O–H groups in total. The average molecular weight is 328 g/mol. The van der Waals surface area contributed by atoms with E-state index in [-0.39, 0.29) is 17.9 Å². The molecular formula is C15H22ClN3OS. The smallest absolute Gasteiger partial charge is 0.271 e. The molecule has 0 aliphatic heterocycles. The van der Waals surface area contributed by atoms with Crippen LogP contribution in [0, 0.1) is 0 Å². The molecule has 0 aromatic carbocycles. The fourth-order valence-electron chi connectivity index (χ4n) is 2.51. The quantitative estimate of drug-likeness (QED) is 0.917. The van der Waals surface area contributed by atoms with Crippen molar-refractivity contribution in [3.8, 4) is 0 Å². The van der Waals surface area contributed by atoms with Crippen molar-refractivity contribution in [2.45, 2.75) is 56.7 Å². The second kappa shape index (κ2) is 7.45. The van der Waals surface area contributed by atoms with Crippen molar-refractivity contribution >= 4 is 29.3 Å². The predicted octanol–water partition coefficient (Wildman–Crippen LogP) is 3.66. The number of nitrogens with one attached hydrogen (secondary N) is 1. The second-order valence-electron chi connectivity index (χ2n) is 5.76. The van der Waals surface area contributed by atoms with Crippen LogP contribution in [0.4, 0.5) is 0 Å². The van der Waals surface area contributed by atoms with Crippen LogP contribution in [0.1, 0.15) is 61.8 Å². The maximum absolute atomic E-state index is 12.4. The lowest BCUT2D eigenvalue weighted by Gasteiger charge is -2.28. The Morgan fingerprint density at radius 2 is 2.05 bits per heavy atom. The van der Waals surface area contributed by atoms with E-state index in [0.29, 0.717) is 16.5 Å². The fraction of sp³-hybridized carbons (Fsp3) is 0.667. The molecule has 6 heteroatoms. The Hall–Kier alpha value is -0.810. The van der Waals surface area contributed by atoms with Crippen molar-refractivity contribution in [1.82, 2.24) is 15.3 Å².